The quantitative estimate of drug-likeness (QED) is 0.801. The van der Waals surface area contributed by atoms with Crippen LogP contribution in [0.2, 0.25) is 4.34 Å². The van der Waals surface area contributed by atoms with Crippen molar-refractivity contribution in [1.29, 1.82) is 0 Å². The number of carbonyl (C=O) groups excluding carboxylic acids is 1. The Morgan fingerprint density at radius 3 is 2.93 bits per heavy atom. The van der Waals surface area contributed by atoms with Gasteiger partial charge in [0.1, 0.15) is 0 Å². The summed E-state index contributed by atoms with van der Waals surface area (Å²) in [6, 6.07) is 3.72. The molecule has 0 aliphatic carbocycles. The summed E-state index contributed by atoms with van der Waals surface area (Å²) in [4.78, 5) is 11.4. The molecule has 0 atom stereocenters. The van der Waals surface area contributed by atoms with Gasteiger partial charge in [-0.25, -0.2) is 0 Å². The van der Waals surface area contributed by atoms with Crippen molar-refractivity contribution in [2.24, 2.45) is 5.92 Å². The van der Waals surface area contributed by atoms with E-state index >= 15 is 0 Å². The lowest BCUT2D eigenvalue weighted by Gasteiger charge is -2.25. The van der Waals surface area contributed by atoms with Gasteiger partial charge in [0.05, 0.1) is 14.5 Å². The maximum atomic E-state index is 11.4. The molecule has 1 aromatic heterocycles. The maximum Gasteiger partial charge on any atom is 0.235 e. The second-order valence-electron chi connectivity index (χ2n) is 2.98. The van der Waals surface area contributed by atoms with E-state index in [4.69, 9.17) is 11.6 Å². The van der Waals surface area contributed by atoms with Crippen LogP contribution in [0.25, 0.3) is 0 Å². The number of amides is 1. The summed E-state index contributed by atoms with van der Waals surface area (Å²) >= 11 is 8.56. The summed E-state index contributed by atoms with van der Waals surface area (Å²) in [5.41, 5.74) is 0. The monoisotopic (exact) mass is 248 g/mol. The van der Waals surface area contributed by atoms with Gasteiger partial charge in [-0.15, -0.1) is 11.3 Å². The largest absolute Gasteiger partial charge is 0.315 e. The van der Waals surface area contributed by atoms with Crippen LogP contribution in [-0.2, 0) is 4.79 Å². The molecular formula is C8H9ClN2OS2. The third-order valence-corrected chi connectivity index (χ3v) is 4.12. The fraction of sp³-hybridized carbons (Fsp3) is 0.375. The van der Waals surface area contributed by atoms with Crippen LogP contribution < -0.4 is 10.0 Å². The van der Waals surface area contributed by atoms with E-state index in [0.717, 1.165) is 21.6 Å². The number of hydrogen-bond acceptors (Lipinski definition) is 4. The molecule has 2 N–H and O–H groups in total. The van der Waals surface area contributed by atoms with Gasteiger partial charge >= 0.3 is 0 Å². The van der Waals surface area contributed by atoms with Gasteiger partial charge in [0, 0.05) is 13.1 Å². The molecule has 2 heterocycles. The smallest absolute Gasteiger partial charge is 0.235 e. The van der Waals surface area contributed by atoms with Gasteiger partial charge in [0.15, 0.2) is 0 Å². The fourth-order valence-electron chi connectivity index (χ4n) is 1.01. The molecule has 1 aliphatic rings. The summed E-state index contributed by atoms with van der Waals surface area (Å²) in [5.74, 6) is 0.233. The van der Waals surface area contributed by atoms with Crippen molar-refractivity contribution in [2.75, 3.05) is 13.1 Å². The fourth-order valence-corrected chi connectivity index (χ4v) is 2.99. The predicted molar refractivity (Wildman–Crippen MR) is 59.7 cm³/mol. The van der Waals surface area contributed by atoms with E-state index in [9.17, 15) is 4.79 Å². The zero-order valence-electron chi connectivity index (χ0n) is 7.25. The minimum absolute atomic E-state index is 0.0956. The molecule has 14 heavy (non-hydrogen) atoms. The third-order valence-electron chi connectivity index (χ3n) is 1.95. The standard InChI is InChI=1S/C8H9ClN2OS2/c9-6-1-2-7(13-6)14-11-8(12)5-3-10-4-5/h1-2,5,10H,3-4H2,(H,11,12). The molecule has 1 amide bonds. The minimum atomic E-state index is 0.0956. The number of hydrogen-bond donors (Lipinski definition) is 2. The average molecular weight is 249 g/mol. The van der Waals surface area contributed by atoms with E-state index in [1.807, 2.05) is 12.1 Å². The number of nitrogens with one attached hydrogen (secondary N) is 2. The second kappa shape index (κ2) is 4.53. The van der Waals surface area contributed by atoms with Crippen LogP contribution in [0.3, 0.4) is 0 Å². The first kappa shape index (κ1) is 10.3. The zero-order chi connectivity index (χ0) is 9.97. The van der Waals surface area contributed by atoms with Crippen LogP contribution in [-0.4, -0.2) is 19.0 Å². The molecule has 1 aromatic rings. The Kier molecular flexibility index (Phi) is 3.33. The summed E-state index contributed by atoms with van der Waals surface area (Å²) < 4.78 is 4.56. The number of rotatable bonds is 3. The highest BCUT2D eigenvalue weighted by Crippen LogP contribution is 2.28. The highest BCUT2D eigenvalue weighted by Gasteiger charge is 2.24. The van der Waals surface area contributed by atoms with E-state index in [-0.39, 0.29) is 11.8 Å². The molecule has 1 saturated heterocycles. The van der Waals surface area contributed by atoms with Crippen LogP contribution in [0.1, 0.15) is 0 Å². The lowest BCUT2D eigenvalue weighted by molar-refractivity contribution is -0.124. The molecule has 2 rings (SSSR count). The Hall–Kier alpha value is -0.230. The van der Waals surface area contributed by atoms with Gasteiger partial charge in [-0.2, -0.15) is 0 Å². The van der Waals surface area contributed by atoms with Crippen LogP contribution in [0.4, 0.5) is 0 Å². The van der Waals surface area contributed by atoms with E-state index < -0.39 is 0 Å². The molecule has 3 nitrogen and oxygen atoms in total. The Labute approximate surface area is 95.3 Å². The second-order valence-corrected chi connectivity index (χ2v) is 5.80. The SMILES string of the molecule is O=C(NSc1ccc(Cl)s1)C1CNC1. The highest BCUT2D eigenvalue weighted by molar-refractivity contribution is 7.99. The Morgan fingerprint density at radius 1 is 1.64 bits per heavy atom. The van der Waals surface area contributed by atoms with Crippen LogP contribution in [0.15, 0.2) is 16.3 Å². The molecular weight excluding hydrogens is 240 g/mol. The van der Waals surface area contributed by atoms with Gasteiger partial charge in [-0.1, -0.05) is 11.6 Å². The van der Waals surface area contributed by atoms with Crippen molar-refractivity contribution in [3.63, 3.8) is 0 Å². The van der Waals surface area contributed by atoms with Crippen molar-refractivity contribution >= 4 is 40.8 Å². The molecule has 1 fully saturated rings. The third kappa shape index (κ3) is 2.42. The summed E-state index contributed by atoms with van der Waals surface area (Å²) in [6.45, 7) is 1.58. The lowest BCUT2D eigenvalue weighted by atomic mass is 10.0. The van der Waals surface area contributed by atoms with Crippen molar-refractivity contribution in [3.8, 4) is 0 Å². The van der Waals surface area contributed by atoms with E-state index in [1.54, 1.807) is 0 Å². The molecule has 1 aliphatic heterocycles. The van der Waals surface area contributed by atoms with Gasteiger partial charge < -0.3 is 5.32 Å². The lowest BCUT2D eigenvalue weighted by Crippen LogP contribution is -2.49. The summed E-state index contributed by atoms with van der Waals surface area (Å²) in [5, 5.41) is 3.06. The van der Waals surface area contributed by atoms with Gasteiger partial charge in [0.25, 0.3) is 0 Å². The molecule has 0 unspecified atom stereocenters. The molecule has 6 heteroatoms. The predicted octanol–water partition coefficient (Wildman–Crippen LogP) is 1.74. The topological polar surface area (TPSA) is 41.1 Å². The molecule has 0 saturated carbocycles. The number of halogens is 1. The Balaban J connectivity index is 1.79. The first-order chi connectivity index (χ1) is 6.75. The maximum absolute atomic E-state index is 11.4. The van der Waals surface area contributed by atoms with E-state index in [0.29, 0.717) is 0 Å². The van der Waals surface area contributed by atoms with Crippen LogP contribution in [0, 0.1) is 5.92 Å². The van der Waals surface area contributed by atoms with Crippen molar-refractivity contribution in [1.82, 2.24) is 10.0 Å². The average Bonchev–Trinajstić information content (AvgIpc) is 2.45. The Bertz CT molecular complexity index is 338. The Morgan fingerprint density at radius 2 is 2.43 bits per heavy atom. The molecule has 76 valence electrons. The van der Waals surface area contributed by atoms with E-state index in [2.05, 4.69) is 10.0 Å². The minimum Gasteiger partial charge on any atom is -0.315 e. The molecule has 0 bridgehead atoms. The van der Waals surface area contributed by atoms with Crippen LogP contribution in [0.5, 0.6) is 0 Å². The van der Waals surface area contributed by atoms with Gasteiger partial charge in [-0.05, 0) is 24.1 Å². The molecule has 0 radical (unpaired) electrons. The van der Waals surface area contributed by atoms with Crippen molar-refractivity contribution in [2.45, 2.75) is 4.21 Å². The van der Waals surface area contributed by atoms with Crippen molar-refractivity contribution in [3.05, 3.63) is 16.5 Å². The normalized spacial score (nSPS) is 16.4. The summed E-state index contributed by atoms with van der Waals surface area (Å²) in [6.07, 6.45) is 0. The number of carbonyl (C=O) groups is 1. The van der Waals surface area contributed by atoms with E-state index in [1.165, 1.54) is 23.3 Å². The summed E-state index contributed by atoms with van der Waals surface area (Å²) in [7, 11) is 0. The van der Waals surface area contributed by atoms with Crippen LogP contribution >= 0.6 is 34.9 Å². The highest BCUT2D eigenvalue weighted by atomic mass is 35.5. The first-order valence-corrected chi connectivity index (χ1v) is 6.19. The number of thiophene rings is 1. The molecule has 0 aromatic carbocycles. The zero-order valence-corrected chi connectivity index (χ0v) is 9.64. The van der Waals surface area contributed by atoms with Crippen molar-refractivity contribution < 1.29 is 4.79 Å². The molecule has 0 spiro atoms. The van der Waals surface area contributed by atoms with Gasteiger partial charge in [0.2, 0.25) is 5.91 Å². The van der Waals surface area contributed by atoms with Gasteiger partial charge in [-0.3, -0.25) is 9.52 Å². The first-order valence-electron chi connectivity index (χ1n) is 4.18.